The highest BCUT2D eigenvalue weighted by Crippen LogP contribution is 2.50. The minimum Gasteiger partial charge on any atom is -0.356 e. The fourth-order valence-electron chi connectivity index (χ4n) is 5.91. The van der Waals surface area contributed by atoms with E-state index in [1.165, 1.54) is 16.0 Å². The molecule has 0 unspecified atom stereocenters. The van der Waals surface area contributed by atoms with E-state index in [1.807, 2.05) is 49.4 Å². The molecule has 1 N–H and O–H groups in total. The van der Waals surface area contributed by atoms with Crippen molar-refractivity contribution in [2.45, 2.75) is 51.5 Å². The standard InChI is InChI=1S/C31H31N3O2/c1-5-20-10-12-22(13-11-20)25-18-33-30(36)34(23-16-14-21(15-17-23)19(2)3)29(35)31(33,4)28-27(25)24-8-6-7-9-26(24)32-28/h6-17,19,25,32H,5,18H2,1-4H3/t25-,31+/m1/s1. The van der Waals surface area contributed by atoms with Crippen molar-refractivity contribution in [2.75, 3.05) is 11.4 Å². The van der Waals surface area contributed by atoms with Gasteiger partial charge >= 0.3 is 6.03 Å². The van der Waals surface area contributed by atoms with Crippen LogP contribution in [-0.2, 0) is 16.8 Å². The number of H-pyrrole nitrogens is 1. The second-order valence-corrected chi connectivity index (χ2v) is 10.5. The van der Waals surface area contributed by atoms with Gasteiger partial charge in [-0.3, -0.25) is 4.79 Å². The van der Waals surface area contributed by atoms with Crippen molar-refractivity contribution in [3.8, 4) is 0 Å². The number of nitrogens with one attached hydrogen (secondary N) is 1. The van der Waals surface area contributed by atoms with Gasteiger partial charge in [0.05, 0.1) is 11.4 Å². The molecule has 5 heteroatoms. The molecule has 36 heavy (non-hydrogen) atoms. The zero-order chi connectivity index (χ0) is 25.2. The molecule has 6 rings (SSSR count). The molecule has 0 bridgehead atoms. The Bertz CT molecular complexity index is 1480. The van der Waals surface area contributed by atoms with E-state index in [1.54, 1.807) is 4.90 Å². The van der Waals surface area contributed by atoms with Crippen LogP contribution in [-0.4, -0.2) is 28.4 Å². The molecule has 2 aliphatic rings. The monoisotopic (exact) mass is 477 g/mol. The van der Waals surface area contributed by atoms with Gasteiger partial charge in [0.25, 0.3) is 5.91 Å². The molecular formula is C31H31N3O2. The number of carbonyl (C=O) groups excluding carboxylic acids is 2. The van der Waals surface area contributed by atoms with E-state index in [9.17, 15) is 9.59 Å². The van der Waals surface area contributed by atoms with E-state index in [0.717, 1.165) is 34.1 Å². The Morgan fingerprint density at radius 2 is 1.67 bits per heavy atom. The largest absolute Gasteiger partial charge is 0.356 e. The third-order valence-corrected chi connectivity index (χ3v) is 8.14. The number of aromatic nitrogens is 1. The van der Waals surface area contributed by atoms with Gasteiger partial charge in [-0.05, 0) is 59.7 Å². The highest BCUT2D eigenvalue weighted by molar-refractivity contribution is 6.23. The number of hydrogen-bond acceptors (Lipinski definition) is 2. The summed E-state index contributed by atoms with van der Waals surface area (Å²) in [6, 6.07) is 24.4. The van der Waals surface area contributed by atoms with E-state index >= 15 is 0 Å². The first kappa shape index (κ1) is 22.6. The van der Waals surface area contributed by atoms with Crippen molar-refractivity contribution < 1.29 is 9.59 Å². The molecule has 0 saturated carbocycles. The molecule has 5 nitrogen and oxygen atoms in total. The highest BCUT2D eigenvalue weighted by atomic mass is 16.2. The van der Waals surface area contributed by atoms with Gasteiger partial charge in [-0.15, -0.1) is 0 Å². The van der Waals surface area contributed by atoms with Crippen molar-refractivity contribution >= 4 is 28.5 Å². The highest BCUT2D eigenvalue weighted by Gasteiger charge is 2.60. The molecule has 3 aromatic carbocycles. The number of aromatic amines is 1. The molecule has 1 fully saturated rings. The molecule has 1 aromatic heterocycles. The summed E-state index contributed by atoms with van der Waals surface area (Å²) in [5, 5.41) is 1.11. The smallest absolute Gasteiger partial charge is 0.332 e. The maximum Gasteiger partial charge on any atom is 0.332 e. The topological polar surface area (TPSA) is 56.4 Å². The molecule has 0 spiro atoms. The van der Waals surface area contributed by atoms with Crippen LogP contribution in [0.3, 0.4) is 0 Å². The van der Waals surface area contributed by atoms with Crippen LogP contribution in [0.2, 0.25) is 0 Å². The van der Waals surface area contributed by atoms with Crippen LogP contribution in [0.1, 0.15) is 67.5 Å². The summed E-state index contributed by atoms with van der Waals surface area (Å²) in [5.41, 5.74) is 6.05. The van der Waals surface area contributed by atoms with Crippen LogP contribution in [0.5, 0.6) is 0 Å². The van der Waals surface area contributed by atoms with Gasteiger partial charge in [-0.25, -0.2) is 9.69 Å². The van der Waals surface area contributed by atoms with Crippen LogP contribution < -0.4 is 4.90 Å². The predicted molar refractivity (Wildman–Crippen MR) is 143 cm³/mol. The second-order valence-electron chi connectivity index (χ2n) is 10.5. The van der Waals surface area contributed by atoms with E-state index in [2.05, 4.69) is 56.1 Å². The second kappa shape index (κ2) is 8.09. The summed E-state index contributed by atoms with van der Waals surface area (Å²) in [4.78, 5) is 34.7. The van der Waals surface area contributed by atoms with Gasteiger partial charge < -0.3 is 9.88 Å². The van der Waals surface area contributed by atoms with Gasteiger partial charge in [0.2, 0.25) is 0 Å². The Morgan fingerprint density at radius 1 is 0.972 bits per heavy atom. The lowest BCUT2D eigenvalue weighted by Crippen LogP contribution is -2.50. The molecule has 182 valence electrons. The minimum absolute atomic E-state index is 0.0323. The molecule has 3 heterocycles. The number of benzene rings is 3. The van der Waals surface area contributed by atoms with Crippen molar-refractivity contribution in [3.05, 3.63) is 101 Å². The molecule has 1 saturated heterocycles. The number of carbonyl (C=O) groups is 2. The van der Waals surface area contributed by atoms with Gasteiger partial charge in [0.15, 0.2) is 5.54 Å². The molecule has 2 atom stereocenters. The van der Waals surface area contributed by atoms with Gasteiger partial charge in [-0.2, -0.15) is 0 Å². The van der Waals surface area contributed by atoms with Crippen LogP contribution in [0.25, 0.3) is 10.9 Å². The number of fused-ring (bicyclic) bond motifs is 5. The van der Waals surface area contributed by atoms with Crippen LogP contribution >= 0.6 is 0 Å². The Morgan fingerprint density at radius 3 is 2.33 bits per heavy atom. The average Bonchev–Trinajstić information content (AvgIpc) is 3.38. The first-order valence-corrected chi connectivity index (χ1v) is 12.8. The predicted octanol–water partition coefficient (Wildman–Crippen LogP) is 6.68. The average molecular weight is 478 g/mol. The third-order valence-electron chi connectivity index (χ3n) is 8.14. The van der Waals surface area contributed by atoms with Crippen molar-refractivity contribution in [3.63, 3.8) is 0 Å². The number of nitrogens with zero attached hydrogens (tertiary/aromatic N) is 2. The molecule has 0 radical (unpaired) electrons. The number of urea groups is 1. The minimum atomic E-state index is -1.10. The fraction of sp³-hybridized carbons (Fsp3) is 0.290. The first-order valence-electron chi connectivity index (χ1n) is 12.8. The quantitative estimate of drug-likeness (QED) is 0.333. The lowest BCUT2D eigenvalue weighted by molar-refractivity contribution is -0.125. The summed E-state index contributed by atoms with van der Waals surface area (Å²) < 4.78 is 0. The Balaban J connectivity index is 1.51. The van der Waals surface area contributed by atoms with Crippen LogP contribution in [0.15, 0.2) is 72.8 Å². The van der Waals surface area contributed by atoms with Gasteiger partial charge in [-0.1, -0.05) is 75.4 Å². The number of anilines is 1. The van der Waals surface area contributed by atoms with E-state index in [-0.39, 0.29) is 17.9 Å². The lowest BCUT2D eigenvalue weighted by Gasteiger charge is -2.40. The lowest BCUT2D eigenvalue weighted by atomic mass is 9.78. The number of rotatable bonds is 4. The Labute approximate surface area is 211 Å². The van der Waals surface area contributed by atoms with E-state index in [0.29, 0.717) is 18.2 Å². The maximum atomic E-state index is 14.1. The third kappa shape index (κ3) is 3.08. The van der Waals surface area contributed by atoms with E-state index in [4.69, 9.17) is 0 Å². The Kier molecular flexibility index (Phi) is 5.08. The summed E-state index contributed by atoms with van der Waals surface area (Å²) in [5.74, 6) is 0.133. The molecule has 0 aliphatic carbocycles. The molecule has 3 amide bonds. The normalized spacial score (nSPS) is 21.4. The number of aryl methyl sites for hydroxylation is 1. The van der Waals surface area contributed by atoms with Crippen molar-refractivity contribution in [2.24, 2.45) is 0 Å². The van der Waals surface area contributed by atoms with Crippen LogP contribution in [0.4, 0.5) is 10.5 Å². The number of para-hydroxylation sites is 1. The van der Waals surface area contributed by atoms with E-state index < -0.39 is 5.54 Å². The van der Waals surface area contributed by atoms with Crippen molar-refractivity contribution in [1.29, 1.82) is 0 Å². The summed E-state index contributed by atoms with van der Waals surface area (Å²) >= 11 is 0. The van der Waals surface area contributed by atoms with Crippen LogP contribution in [0, 0.1) is 0 Å². The number of imide groups is 1. The fourth-order valence-corrected chi connectivity index (χ4v) is 5.91. The SMILES string of the molecule is CCc1ccc([C@H]2CN3C(=O)N(c4ccc(C(C)C)cc4)C(=O)[C@]3(C)c3[nH]c4ccccc4c32)cc1. The zero-order valence-corrected chi connectivity index (χ0v) is 21.2. The molecule has 4 aromatic rings. The summed E-state index contributed by atoms with van der Waals surface area (Å²) in [6.07, 6.45) is 0.977. The van der Waals surface area contributed by atoms with Gasteiger partial charge in [0.1, 0.15) is 0 Å². The first-order chi connectivity index (χ1) is 17.3. The van der Waals surface area contributed by atoms with Gasteiger partial charge in [0, 0.05) is 23.4 Å². The summed E-state index contributed by atoms with van der Waals surface area (Å²) in [6.45, 7) is 8.75. The number of hydrogen-bond donors (Lipinski definition) is 1. The Hall–Kier alpha value is -3.86. The maximum absolute atomic E-state index is 14.1. The zero-order valence-electron chi connectivity index (χ0n) is 21.2. The summed E-state index contributed by atoms with van der Waals surface area (Å²) in [7, 11) is 0. The number of amides is 3. The van der Waals surface area contributed by atoms with Crippen molar-refractivity contribution in [1.82, 2.24) is 9.88 Å². The molecule has 2 aliphatic heterocycles. The molecular weight excluding hydrogens is 446 g/mol.